The fourth-order valence-corrected chi connectivity index (χ4v) is 3.58. The third-order valence-corrected chi connectivity index (χ3v) is 4.89. The molecule has 5 nitrogen and oxygen atoms in total. The molecule has 0 aliphatic carbocycles. The van der Waals surface area contributed by atoms with Gasteiger partial charge in [-0.1, -0.05) is 60.7 Å². The largest absolute Gasteiger partial charge is 0.460 e. The van der Waals surface area contributed by atoms with E-state index < -0.39 is 11.7 Å². The van der Waals surface area contributed by atoms with Gasteiger partial charge in [0.15, 0.2) is 0 Å². The van der Waals surface area contributed by atoms with E-state index in [2.05, 4.69) is 5.32 Å². The molecule has 0 radical (unpaired) electrons. The van der Waals surface area contributed by atoms with Gasteiger partial charge in [0.05, 0.1) is 12.0 Å². The Bertz CT molecular complexity index is 814. The zero-order valence-electron chi connectivity index (χ0n) is 17.3. The predicted octanol–water partition coefficient (Wildman–Crippen LogP) is 4.30. The topological polar surface area (TPSA) is 64.6 Å². The molecule has 0 aromatic heterocycles. The quantitative estimate of drug-likeness (QED) is 0.741. The summed E-state index contributed by atoms with van der Waals surface area (Å²) in [6, 6.07) is 19.4. The summed E-state index contributed by atoms with van der Waals surface area (Å²) in [4.78, 5) is 24.9. The number of benzene rings is 2. The van der Waals surface area contributed by atoms with Crippen molar-refractivity contribution in [1.29, 1.82) is 0 Å². The molecule has 0 unspecified atom stereocenters. The van der Waals surface area contributed by atoms with E-state index in [1.807, 2.05) is 81.4 Å². The summed E-state index contributed by atoms with van der Waals surface area (Å²) in [6.07, 6.45) is 0.891. The Morgan fingerprint density at radius 1 is 1.07 bits per heavy atom. The van der Waals surface area contributed by atoms with Crippen LogP contribution in [0.3, 0.4) is 0 Å². The van der Waals surface area contributed by atoms with E-state index in [0.29, 0.717) is 19.3 Å². The van der Waals surface area contributed by atoms with Gasteiger partial charge in [-0.25, -0.2) is 4.79 Å². The van der Waals surface area contributed by atoms with Crippen molar-refractivity contribution in [3.63, 3.8) is 0 Å². The van der Waals surface area contributed by atoms with E-state index in [1.54, 1.807) is 0 Å². The number of hydrogen-bond donors (Lipinski definition) is 1. The molecule has 0 spiro atoms. The maximum Gasteiger partial charge on any atom is 0.408 e. The molecule has 1 N–H and O–H groups in total. The highest BCUT2D eigenvalue weighted by atomic mass is 16.6. The minimum absolute atomic E-state index is 0.206. The van der Waals surface area contributed by atoms with Crippen LogP contribution in [-0.4, -0.2) is 29.8 Å². The summed E-state index contributed by atoms with van der Waals surface area (Å²) >= 11 is 0. The molecule has 1 saturated heterocycles. The number of hydrogen-bond acceptors (Lipinski definition) is 4. The standard InChI is InChI=1S/C24H29NO4/c1-24(2,3)29-23(27)25-20(15-18-12-8-5-9-13-18)21-16-19(22(26)28-21)14-17-10-6-4-7-11-17/h4-13,19-21H,14-16H2,1-3H3,(H,25,27)/t19-,20-,21-/m0/s1. The van der Waals surface area contributed by atoms with Crippen LogP contribution < -0.4 is 5.32 Å². The smallest absolute Gasteiger partial charge is 0.408 e. The molecule has 1 aliphatic rings. The van der Waals surface area contributed by atoms with Crippen molar-refractivity contribution < 1.29 is 19.1 Å². The van der Waals surface area contributed by atoms with E-state index in [0.717, 1.165) is 11.1 Å². The monoisotopic (exact) mass is 395 g/mol. The SMILES string of the molecule is CC(C)(C)OC(=O)N[C@@H](Cc1ccccc1)[C@@H]1C[C@H](Cc2ccccc2)C(=O)O1. The molecular formula is C24H29NO4. The molecule has 1 fully saturated rings. The molecule has 154 valence electrons. The fraction of sp³-hybridized carbons (Fsp3) is 0.417. The van der Waals surface area contributed by atoms with Crippen LogP contribution in [0.15, 0.2) is 60.7 Å². The summed E-state index contributed by atoms with van der Waals surface area (Å²) < 4.78 is 11.1. The van der Waals surface area contributed by atoms with Crippen LogP contribution in [0.2, 0.25) is 0 Å². The van der Waals surface area contributed by atoms with Crippen molar-refractivity contribution in [2.75, 3.05) is 0 Å². The van der Waals surface area contributed by atoms with Crippen molar-refractivity contribution in [2.24, 2.45) is 5.92 Å². The Balaban J connectivity index is 1.71. The molecular weight excluding hydrogens is 366 g/mol. The van der Waals surface area contributed by atoms with Crippen molar-refractivity contribution in [3.8, 4) is 0 Å². The lowest BCUT2D eigenvalue weighted by molar-refractivity contribution is -0.145. The van der Waals surface area contributed by atoms with E-state index in [9.17, 15) is 9.59 Å². The van der Waals surface area contributed by atoms with E-state index >= 15 is 0 Å². The minimum atomic E-state index is -0.594. The maximum absolute atomic E-state index is 12.5. The molecule has 2 aromatic rings. The Hall–Kier alpha value is -2.82. The number of esters is 1. The van der Waals surface area contributed by atoms with Crippen molar-refractivity contribution in [3.05, 3.63) is 71.8 Å². The zero-order chi connectivity index (χ0) is 20.9. The highest BCUT2D eigenvalue weighted by molar-refractivity contribution is 5.75. The summed E-state index contributed by atoms with van der Waals surface area (Å²) in [6.45, 7) is 5.47. The number of rotatable bonds is 6. The Kier molecular flexibility index (Phi) is 6.57. The number of alkyl carbamates (subject to hydrolysis) is 1. The second-order valence-electron chi connectivity index (χ2n) is 8.54. The van der Waals surface area contributed by atoms with Gasteiger partial charge in [0, 0.05) is 6.42 Å². The fourth-order valence-electron chi connectivity index (χ4n) is 3.58. The zero-order valence-corrected chi connectivity index (χ0v) is 17.3. The van der Waals surface area contributed by atoms with E-state index in [1.165, 1.54) is 0 Å². The third kappa shape index (κ3) is 6.34. The highest BCUT2D eigenvalue weighted by Gasteiger charge is 2.39. The van der Waals surface area contributed by atoms with Gasteiger partial charge in [-0.2, -0.15) is 0 Å². The summed E-state index contributed by atoms with van der Waals surface area (Å²) in [7, 11) is 0. The van der Waals surface area contributed by atoms with Crippen LogP contribution in [0.25, 0.3) is 0 Å². The number of carbonyl (C=O) groups is 2. The first-order chi connectivity index (χ1) is 13.8. The van der Waals surface area contributed by atoms with Gasteiger partial charge in [0.25, 0.3) is 0 Å². The average molecular weight is 395 g/mol. The molecule has 0 bridgehead atoms. The van der Waals surface area contributed by atoms with Crippen LogP contribution >= 0.6 is 0 Å². The van der Waals surface area contributed by atoms with Crippen LogP contribution in [0.5, 0.6) is 0 Å². The normalized spacial score (nSPS) is 20.0. The lowest BCUT2D eigenvalue weighted by Crippen LogP contribution is -2.46. The lowest BCUT2D eigenvalue weighted by Gasteiger charge is -2.26. The number of cyclic esters (lactones) is 1. The Morgan fingerprint density at radius 2 is 1.66 bits per heavy atom. The molecule has 1 amide bonds. The van der Waals surface area contributed by atoms with Gasteiger partial charge in [-0.05, 0) is 44.7 Å². The molecule has 29 heavy (non-hydrogen) atoms. The van der Waals surface area contributed by atoms with Crippen LogP contribution in [0.4, 0.5) is 4.79 Å². The van der Waals surface area contributed by atoms with Crippen LogP contribution in [0, 0.1) is 5.92 Å². The van der Waals surface area contributed by atoms with Gasteiger partial charge in [-0.3, -0.25) is 4.79 Å². The number of ether oxygens (including phenoxy) is 2. The van der Waals surface area contributed by atoms with Crippen LogP contribution in [-0.2, 0) is 27.1 Å². The highest BCUT2D eigenvalue weighted by Crippen LogP contribution is 2.28. The van der Waals surface area contributed by atoms with Crippen molar-refractivity contribution in [2.45, 2.75) is 57.8 Å². The van der Waals surface area contributed by atoms with Crippen molar-refractivity contribution >= 4 is 12.1 Å². The molecule has 5 heteroatoms. The lowest BCUT2D eigenvalue weighted by atomic mass is 9.92. The molecule has 1 aliphatic heterocycles. The summed E-state index contributed by atoms with van der Waals surface area (Å²) in [5.41, 5.74) is 1.58. The second-order valence-corrected chi connectivity index (χ2v) is 8.54. The Labute approximate surface area is 172 Å². The molecule has 2 aromatic carbocycles. The summed E-state index contributed by atoms with van der Waals surface area (Å²) in [5.74, 6) is -0.413. The number of amides is 1. The molecule has 1 heterocycles. The third-order valence-electron chi connectivity index (χ3n) is 4.89. The van der Waals surface area contributed by atoms with Crippen LogP contribution in [0.1, 0.15) is 38.3 Å². The molecule has 3 atom stereocenters. The first-order valence-electron chi connectivity index (χ1n) is 10.1. The van der Waals surface area contributed by atoms with Gasteiger partial charge in [-0.15, -0.1) is 0 Å². The Morgan fingerprint density at radius 3 is 2.24 bits per heavy atom. The predicted molar refractivity (Wildman–Crippen MR) is 111 cm³/mol. The minimum Gasteiger partial charge on any atom is -0.460 e. The molecule has 3 rings (SSSR count). The van der Waals surface area contributed by atoms with Crippen molar-refractivity contribution in [1.82, 2.24) is 5.32 Å². The van der Waals surface area contributed by atoms with Gasteiger partial charge < -0.3 is 14.8 Å². The van der Waals surface area contributed by atoms with E-state index in [4.69, 9.17) is 9.47 Å². The first kappa shape index (κ1) is 20.9. The number of nitrogens with one attached hydrogen (secondary N) is 1. The number of carbonyl (C=O) groups excluding carboxylic acids is 2. The first-order valence-corrected chi connectivity index (χ1v) is 10.1. The van der Waals surface area contributed by atoms with E-state index in [-0.39, 0.29) is 24.0 Å². The average Bonchev–Trinajstić information content (AvgIpc) is 3.02. The molecule has 0 saturated carbocycles. The van der Waals surface area contributed by atoms with Gasteiger partial charge >= 0.3 is 12.1 Å². The van der Waals surface area contributed by atoms with Gasteiger partial charge in [0.1, 0.15) is 11.7 Å². The van der Waals surface area contributed by atoms with Gasteiger partial charge in [0.2, 0.25) is 0 Å². The second kappa shape index (κ2) is 9.12. The summed E-state index contributed by atoms with van der Waals surface area (Å²) in [5, 5.41) is 2.93. The maximum atomic E-state index is 12.5.